The van der Waals surface area contributed by atoms with Gasteiger partial charge in [-0.15, -0.1) is 0 Å². The van der Waals surface area contributed by atoms with Gasteiger partial charge in [-0.2, -0.15) is 16.4 Å². The molecular formula is C14H14N4O2S. The Morgan fingerprint density at radius 1 is 1.57 bits per heavy atom. The largest absolute Gasteiger partial charge is 0.361 e. The normalized spacial score (nSPS) is 12.2. The highest BCUT2D eigenvalue weighted by Gasteiger charge is 2.18. The third kappa shape index (κ3) is 2.87. The SMILES string of the molecule is Cc1oncc1C(=O)NCC(c1ccsc1)n1cccn1. The minimum atomic E-state index is -0.193. The maximum absolute atomic E-state index is 12.1. The van der Waals surface area contributed by atoms with Crippen LogP contribution in [0, 0.1) is 6.92 Å². The lowest BCUT2D eigenvalue weighted by Crippen LogP contribution is -2.31. The molecule has 0 aromatic carbocycles. The second-order valence-electron chi connectivity index (χ2n) is 4.56. The number of hydrogen-bond acceptors (Lipinski definition) is 5. The van der Waals surface area contributed by atoms with E-state index in [2.05, 4.69) is 21.0 Å². The molecule has 21 heavy (non-hydrogen) atoms. The summed E-state index contributed by atoms with van der Waals surface area (Å²) in [5, 5.41) is 14.9. The zero-order chi connectivity index (χ0) is 14.7. The molecule has 1 N–H and O–H groups in total. The van der Waals surface area contributed by atoms with E-state index in [-0.39, 0.29) is 11.9 Å². The fourth-order valence-corrected chi connectivity index (χ4v) is 2.80. The first-order chi connectivity index (χ1) is 10.3. The smallest absolute Gasteiger partial charge is 0.256 e. The summed E-state index contributed by atoms with van der Waals surface area (Å²) in [6.07, 6.45) is 5.04. The lowest BCUT2D eigenvalue weighted by atomic mass is 10.1. The van der Waals surface area contributed by atoms with Gasteiger partial charge in [0, 0.05) is 18.9 Å². The molecule has 0 saturated carbocycles. The second kappa shape index (κ2) is 5.92. The lowest BCUT2D eigenvalue weighted by Gasteiger charge is -2.17. The van der Waals surface area contributed by atoms with E-state index in [9.17, 15) is 4.79 Å². The first-order valence-electron chi connectivity index (χ1n) is 6.46. The van der Waals surface area contributed by atoms with E-state index in [0.717, 1.165) is 5.56 Å². The van der Waals surface area contributed by atoms with E-state index in [1.54, 1.807) is 24.5 Å². The van der Waals surface area contributed by atoms with Crippen molar-refractivity contribution in [1.82, 2.24) is 20.3 Å². The molecule has 0 saturated heterocycles. The molecule has 0 radical (unpaired) electrons. The summed E-state index contributed by atoms with van der Waals surface area (Å²) in [5.74, 6) is 0.319. The van der Waals surface area contributed by atoms with Crippen molar-refractivity contribution in [1.29, 1.82) is 0 Å². The van der Waals surface area contributed by atoms with Crippen LogP contribution in [0.4, 0.5) is 0 Å². The van der Waals surface area contributed by atoms with Crippen LogP contribution in [-0.4, -0.2) is 27.4 Å². The van der Waals surface area contributed by atoms with Gasteiger partial charge in [0.2, 0.25) is 0 Å². The second-order valence-corrected chi connectivity index (χ2v) is 5.34. The van der Waals surface area contributed by atoms with Gasteiger partial charge in [-0.3, -0.25) is 9.48 Å². The van der Waals surface area contributed by atoms with Crippen LogP contribution in [0.15, 0.2) is 46.0 Å². The summed E-state index contributed by atoms with van der Waals surface area (Å²) in [7, 11) is 0. The molecule has 0 bridgehead atoms. The van der Waals surface area contributed by atoms with Crippen molar-refractivity contribution >= 4 is 17.2 Å². The highest BCUT2D eigenvalue weighted by molar-refractivity contribution is 7.07. The maximum atomic E-state index is 12.1. The van der Waals surface area contributed by atoms with Crippen molar-refractivity contribution in [2.24, 2.45) is 0 Å². The number of rotatable bonds is 5. The third-order valence-electron chi connectivity index (χ3n) is 3.22. The standard InChI is InChI=1S/C14H14N4O2S/c1-10-12(7-17-20-10)14(19)15-8-13(11-3-6-21-9-11)18-5-2-4-16-18/h2-7,9,13H,8H2,1H3,(H,15,19). The topological polar surface area (TPSA) is 73.0 Å². The van der Waals surface area contributed by atoms with Gasteiger partial charge in [-0.25, -0.2) is 0 Å². The highest BCUT2D eigenvalue weighted by atomic mass is 32.1. The Balaban J connectivity index is 1.74. The molecule has 3 aromatic heterocycles. The molecule has 6 nitrogen and oxygen atoms in total. The number of hydrogen-bond donors (Lipinski definition) is 1. The van der Waals surface area contributed by atoms with Crippen LogP contribution in [0.3, 0.4) is 0 Å². The molecule has 0 aliphatic heterocycles. The Labute approximate surface area is 125 Å². The molecule has 1 atom stereocenters. The fraction of sp³-hybridized carbons (Fsp3) is 0.214. The molecule has 1 unspecified atom stereocenters. The predicted octanol–water partition coefficient (Wildman–Crippen LogP) is 2.26. The van der Waals surface area contributed by atoms with Crippen molar-refractivity contribution in [3.05, 3.63) is 58.4 Å². The van der Waals surface area contributed by atoms with Gasteiger partial charge < -0.3 is 9.84 Å². The van der Waals surface area contributed by atoms with Crippen LogP contribution in [0.25, 0.3) is 0 Å². The first kappa shape index (κ1) is 13.6. The number of thiophene rings is 1. The van der Waals surface area contributed by atoms with E-state index in [1.165, 1.54) is 6.20 Å². The average Bonchev–Trinajstić information content (AvgIpc) is 3.21. The molecule has 0 aliphatic rings. The van der Waals surface area contributed by atoms with Crippen molar-refractivity contribution < 1.29 is 9.32 Å². The average molecular weight is 302 g/mol. The number of nitrogens with one attached hydrogen (secondary N) is 1. The number of nitrogens with zero attached hydrogens (tertiary/aromatic N) is 3. The van der Waals surface area contributed by atoms with Crippen molar-refractivity contribution in [3.8, 4) is 0 Å². The lowest BCUT2D eigenvalue weighted by molar-refractivity contribution is 0.0947. The number of carbonyl (C=O) groups excluding carboxylic acids is 1. The minimum Gasteiger partial charge on any atom is -0.361 e. The minimum absolute atomic E-state index is 0.0321. The summed E-state index contributed by atoms with van der Waals surface area (Å²) in [6.45, 7) is 2.16. The Morgan fingerprint density at radius 2 is 2.48 bits per heavy atom. The molecule has 1 amide bonds. The number of carbonyl (C=O) groups is 1. The zero-order valence-corrected chi connectivity index (χ0v) is 12.2. The predicted molar refractivity (Wildman–Crippen MR) is 78.3 cm³/mol. The summed E-state index contributed by atoms with van der Waals surface area (Å²) in [4.78, 5) is 12.1. The van der Waals surface area contributed by atoms with Crippen molar-refractivity contribution in [2.45, 2.75) is 13.0 Å². The Kier molecular flexibility index (Phi) is 3.83. The van der Waals surface area contributed by atoms with Gasteiger partial charge in [0.15, 0.2) is 0 Å². The molecule has 7 heteroatoms. The van der Waals surface area contributed by atoms with Crippen LogP contribution in [0.1, 0.15) is 27.7 Å². The molecule has 0 fully saturated rings. The van der Waals surface area contributed by atoms with E-state index < -0.39 is 0 Å². The van der Waals surface area contributed by atoms with Gasteiger partial charge in [-0.05, 0) is 35.4 Å². The molecule has 0 spiro atoms. The van der Waals surface area contributed by atoms with E-state index >= 15 is 0 Å². The summed E-state index contributed by atoms with van der Waals surface area (Å²) in [6, 6.07) is 3.87. The molecule has 3 rings (SSSR count). The first-order valence-corrected chi connectivity index (χ1v) is 7.40. The highest BCUT2D eigenvalue weighted by Crippen LogP contribution is 2.19. The van der Waals surface area contributed by atoms with Crippen LogP contribution in [0.2, 0.25) is 0 Å². The quantitative estimate of drug-likeness (QED) is 0.784. The van der Waals surface area contributed by atoms with Gasteiger partial charge in [0.1, 0.15) is 11.3 Å². The van der Waals surface area contributed by atoms with E-state index in [4.69, 9.17) is 4.52 Å². The van der Waals surface area contributed by atoms with Crippen LogP contribution >= 0.6 is 11.3 Å². The van der Waals surface area contributed by atoms with E-state index in [0.29, 0.717) is 17.9 Å². The fourth-order valence-electron chi connectivity index (χ4n) is 2.10. The van der Waals surface area contributed by atoms with Crippen molar-refractivity contribution in [2.75, 3.05) is 6.54 Å². The van der Waals surface area contributed by atoms with Gasteiger partial charge in [0.05, 0.1) is 12.2 Å². The summed E-state index contributed by atoms with van der Waals surface area (Å²) in [5.41, 5.74) is 1.57. The van der Waals surface area contributed by atoms with Crippen LogP contribution in [0.5, 0.6) is 0 Å². The summed E-state index contributed by atoms with van der Waals surface area (Å²) >= 11 is 1.62. The number of aromatic nitrogens is 3. The molecular weight excluding hydrogens is 288 g/mol. The van der Waals surface area contributed by atoms with Crippen LogP contribution < -0.4 is 5.32 Å². The molecule has 3 heterocycles. The third-order valence-corrected chi connectivity index (χ3v) is 3.92. The maximum Gasteiger partial charge on any atom is 0.256 e. The number of amides is 1. The molecule has 0 aliphatic carbocycles. The van der Waals surface area contributed by atoms with Crippen molar-refractivity contribution in [3.63, 3.8) is 0 Å². The molecule has 3 aromatic rings. The van der Waals surface area contributed by atoms with Gasteiger partial charge in [-0.1, -0.05) is 5.16 Å². The molecule has 108 valence electrons. The van der Waals surface area contributed by atoms with E-state index in [1.807, 2.05) is 28.4 Å². The number of aryl methyl sites for hydroxylation is 1. The van der Waals surface area contributed by atoms with Crippen LogP contribution in [-0.2, 0) is 0 Å². The Morgan fingerprint density at radius 3 is 3.10 bits per heavy atom. The Hall–Kier alpha value is -2.41. The van der Waals surface area contributed by atoms with Gasteiger partial charge >= 0.3 is 0 Å². The Bertz CT molecular complexity index is 669. The summed E-state index contributed by atoms with van der Waals surface area (Å²) < 4.78 is 6.75. The van der Waals surface area contributed by atoms with Gasteiger partial charge in [0.25, 0.3) is 5.91 Å². The monoisotopic (exact) mass is 302 g/mol. The zero-order valence-electron chi connectivity index (χ0n) is 11.4.